The maximum atomic E-state index is 8.79. The van der Waals surface area contributed by atoms with Crippen LogP contribution in [0.15, 0.2) is 24.3 Å². The van der Waals surface area contributed by atoms with E-state index in [1.807, 2.05) is 6.07 Å². The molecule has 0 aliphatic rings. The SMILES string of the molecule is N#Cc1cccc(O)c1.[Na+]. The van der Waals surface area contributed by atoms with Crippen molar-refractivity contribution in [1.82, 2.24) is 0 Å². The Morgan fingerprint density at radius 1 is 1.40 bits per heavy atom. The summed E-state index contributed by atoms with van der Waals surface area (Å²) in [5.41, 5.74) is 0.481. The largest absolute Gasteiger partial charge is 1.00 e. The minimum absolute atomic E-state index is 0. The molecule has 0 aliphatic heterocycles. The second-order valence-corrected chi connectivity index (χ2v) is 1.66. The summed E-state index contributed by atoms with van der Waals surface area (Å²) in [7, 11) is 0. The first-order valence-corrected chi connectivity index (χ1v) is 2.52. The Morgan fingerprint density at radius 3 is 2.50 bits per heavy atom. The molecule has 0 amide bonds. The fourth-order valence-corrected chi connectivity index (χ4v) is 0.575. The molecule has 0 bridgehead atoms. The molecule has 0 saturated heterocycles. The zero-order chi connectivity index (χ0) is 6.69. The quantitative estimate of drug-likeness (QED) is 0.437. The van der Waals surface area contributed by atoms with E-state index in [0.717, 1.165) is 0 Å². The fraction of sp³-hybridized carbons (Fsp3) is 0. The minimum Gasteiger partial charge on any atom is -0.508 e. The van der Waals surface area contributed by atoms with Crippen LogP contribution in [0.5, 0.6) is 5.75 Å². The first-order chi connectivity index (χ1) is 4.33. The van der Waals surface area contributed by atoms with Crippen molar-refractivity contribution in [3.8, 4) is 11.8 Å². The van der Waals surface area contributed by atoms with Gasteiger partial charge in [-0.2, -0.15) is 5.26 Å². The van der Waals surface area contributed by atoms with Crippen LogP contribution in [-0.2, 0) is 0 Å². The van der Waals surface area contributed by atoms with E-state index in [-0.39, 0.29) is 35.3 Å². The normalized spacial score (nSPS) is 7.50. The number of nitriles is 1. The van der Waals surface area contributed by atoms with Gasteiger partial charge >= 0.3 is 29.6 Å². The Balaban J connectivity index is 0.000000810. The summed E-state index contributed by atoms with van der Waals surface area (Å²) in [5.74, 6) is 0.133. The van der Waals surface area contributed by atoms with Crippen molar-refractivity contribution in [2.45, 2.75) is 0 Å². The van der Waals surface area contributed by atoms with Crippen LogP contribution in [0.1, 0.15) is 5.56 Å². The number of nitrogens with zero attached hydrogens (tertiary/aromatic N) is 1. The second kappa shape index (κ2) is 4.35. The van der Waals surface area contributed by atoms with Crippen LogP contribution in [0.25, 0.3) is 0 Å². The predicted molar refractivity (Wildman–Crippen MR) is 32.8 cm³/mol. The average Bonchev–Trinajstić information content (AvgIpc) is 1.88. The molecule has 10 heavy (non-hydrogen) atoms. The Bertz CT molecular complexity index is 254. The molecule has 0 aromatic heterocycles. The average molecular weight is 142 g/mol. The van der Waals surface area contributed by atoms with Crippen molar-refractivity contribution in [3.63, 3.8) is 0 Å². The molecule has 0 spiro atoms. The number of rotatable bonds is 0. The van der Waals surface area contributed by atoms with Gasteiger partial charge < -0.3 is 5.11 Å². The van der Waals surface area contributed by atoms with Crippen LogP contribution in [-0.4, -0.2) is 5.11 Å². The fourth-order valence-electron chi connectivity index (χ4n) is 0.575. The first kappa shape index (κ1) is 9.51. The van der Waals surface area contributed by atoms with E-state index in [4.69, 9.17) is 10.4 Å². The molecular weight excluding hydrogens is 137 g/mol. The monoisotopic (exact) mass is 142 g/mol. The van der Waals surface area contributed by atoms with Gasteiger partial charge in [0.2, 0.25) is 0 Å². The molecular formula is C7H5NNaO+. The van der Waals surface area contributed by atoms with Gasteiger partial charge in [-0.15, -0.1) is 0 Å². The van der Waals surface area contributed by atoms with E-state index in [1.54, 1.807) is 12.1 Å². The summed E-state index contributed by atoms with van der Waals surface area (Å²) >= 11 is 0. The van der Waals surface area contributed by atoms with Crippen molar-refractivity contribution < 1.29 is 34.7 Å². The predicted octanol–water partition coefficient (Wildman–Crippen LogP) is -1.73. The molecule has 0 fully saturated rings. The summed E-state index contributed by atoms with van der Waals surface area (Å²) in [5, 5.41) is 17.1. The zero-order valence-corrected chi connectivity index (χ0v) is 7.70. The van der Waals surface area contributed by atoms with Crippen LogP contribution in [0, 0.1) is 11.3 Å². The summed E-state index contributed by atoms with van der Waals surface area (Å²) < 4.78 is 0. The number of phenolic OH excluding ortho intramolecular Hbond substituents is 1. The van der Waals surface area contributed by atoms with E-state index < -0.39 is 0 Å². The zero-order valence-electron chi connectivity index (χ0n) is 5.70. The smallest absolute Gasteiger partial charge is 0.508 e. The Labute approximate surface area is 81.4 Å². The third-order valence-corrected chi connectivity index (χ3v) is 0.975. The van der Waals surface area contributed by atoms with Gasteiger partial charge in [-0.25, -0.2) is 0 Å². The third kappa shape index (κ3) is 2.40. The van der Waals surface area contributed by atoms with Crippen molar-refractivity contribution >= 4 is 0 Å². The molecule has 0 aliphatic carbocycles. The summed E-state index contributed by atoms with van der Waals surface area (Å²) in [6.45, 7) is 0. The number of hydrogen-bond acceptors (Lipinski definition) is 2. The van der Waals surface area contributed by atoms with Gasteiger partial charge in [0.1, 0.15) is 5.75 Å². The Kier molecular flexibility index (Phi) is 4.13. The van der Waals surface area contributed by atoms with Gasteiger partial charge in [0.25, 0.3) is 0 Å². The molecule has 2 nitrogen and oxygen atoms in total. The van der Waals surface area contributed by atoms with E-state index in [2.05, 4.69) is 0 Å². The van der Waals surface area contributed by atoms with E-state index in [0.29, 0.717) is 5.56 Å². The molecule has 0 heterocycles. The van der Waals surface area contributed by atoms with Crippen LogP contribution in [0.4, 0.5) is 0 Å². The van der Waals surface area contributed by atoms with Gasteiger partial charge in [-0.3, -0.25) is 0 Å². The van der Waals surface area contributed by atoms with Crippen LogP contribution in [0.2, 0.25) is 0 Å². The van der Waals surface area contributed by atoms with E-state index in [1.165, 1.54) is 12.1 Å². The molecule has 0 unspecified atom stereocenters. The minimum atomic E-state index is 0. The Morgan fingerprint density at radius 2 is 2.10 bits per heavy atom. The molecule has 1 N–H and O–H groups in total. The summed E-state index contributed by atoms with van der Waals surface area (Å²) in [6, 6.07) is 8.12. The van der Waals surface area contributed by atoms with Crippen molar-refractivity contribution in [3.05, 3.63) is 29.8 Å². The van der Waals surface area contributed by atoms with Gasteiger partial charge in [0.15, 0.2) is 0 Å². The van der Waals surface area contributed by atoms with Crippen molar-refractivity contribution in [2.24, 2.45) is 0 Å². The van der Waals surface area contributed by atoms with Crippen LogP contribution < -0.4 is 29.6 Å². The maximum Gasteiger partial charge on any atom is 1.00 e. The Hall–Kier alpha value is -0.490. The molecule has 0 radical (unpaired) electrons. The topological polar surface area (TPSA) is 44.0 Å². The molecule has 1 aromatic rings. The second-order valence-electron chi connectivity index (χ2n) is 1.66. The van der Waals surface area contributed by atoms with Gasteiger partial charge in [-0.05, 0) is 18.2 Å². The molecule has 0 saturated carbocycles. The number of hydrogen-bond donors (Lipinski definition) is 1. The van der Waals surface area contributed by atoms with Gasteiger partial charge in [-0.1, -0.05) is 6.07 Å². The van der Waals surface area contributed by atoms with Gasteiger partial charge in [0, 0.05) is 0 Å². The summed E-state index contributed by atoms with van der Waals surface area (Å²) in [4.78, 5) is 0. The number of aromatic hydroxyl groups is 1. The maximum absolute atomic E-state index is 8.79. The van der Waals surface area contributed by atoms with E-state index >= 15 is 0 Å². The molecule has 44 valence electrons. The number of phenols is 1. The number of benzene rings is 1. The molecule has 1 rings (SSSR count). The third-order valence-electron chi connectivity index (χ3n) is 0.975. The van der Waals surface area contributed by atoms with E-state index in [9.17, 15) is 0 Å². The molecule has 0 atom stereocenters. The first-order valence-electron chi connectivity index (χ1n) is 2.52. The van der Waals surface area contributed by atoms with Crippen molar-refractivity contribution in [2.75, 3.05) is 0 Å². The van der Waals surface area contributed by atoms with Crippen LogP contribution >= 0.6 is 0 Å². The molecule has 1 aromatic carbocycles. The summed E-state index contributed by atoms with van der Waals surface area (Å²) in [6.07, 6.45) is 0. The van der Waals surface area contributed by atoms with Crippen LogP contribution in [0.3, 0.4) is 0 Å². The van der Waals surface area contributed by atoms with Crippen molar-refractivity contribution in [1.29, 1.82) is 5.26 Å². The molecule has 3 heteroatoms. The van der Waals surface area contributed by atoms with Gasteiger partial charge in [0.05, 0.1) is 11.6 Å². The standard InChI is InChI=1S/C7H5NO.Na/c8-5-6-2-1-3-7(9)4-6;/h1-4,9H;/q;+1.